The number of amides is 1. The molecule has 4 aromatic rings. The van der Waals surface area contributed by atoms with Gasteiger partial charge in [-0.3, -0.25) is 14.4 Å². The molecule has 2 N–H and O–H groups in total. The largest absolute Gasteiger partial charge is 0.351 e. The number of carbonyl (C=O) groups excluding carboxylic acids is 1. The van der Waals surface area contributed by atoms with E-state index < -0.39 is 10.0 Å². The molecule has 1 aliphatic rings. The van der Waals surface area contributed by atoms with Crippen molar-refractivity contribution in [2.75, 3.05) is 48.9 Å². The lowest BCUT2D eigenvalue weighted by molar-refractivity contribution is 0.0948. The van der Waals surface area contributed by atoms with Gasteiger partial charge in [0, 0.05) is 50.5 Å². The Morgan fingerprint density at radius 1 is 0.889 bits per heavy atom. The first-order valence-electron chi connectivity index (χ1n) is 11.8. The van der Waals surface area contributed by atoms with E-state index in [9.17, 15) is 13.2 Å². The number of nitrogens with one attached hydrogen (secondary N) is 2. The third-order valence-electron chi connectivity index (χ3n) is 6.09. The van der Waals surface area contributed by atoms with Crippen molar-refractivity contribution in [3.63, 3.8) is 0 Å². The highest BCUT2D eigenvalue weighted by Crippen LogP contribution is 2.29. The second-order valence-electron chi connectivity index (χ2n) is 8.54. The summed E-state index contributed by atoms with van der Waals surface area (Å²) in [6.07, 6.45) is 0. The molecule has 8 nitrogen and oxygen atoms in total. The van der Waals surface area contributed by atoms with Crippen molar-refractivity contribution < 1.29 is 13.2 Å². The first-order valence-corrected chi connectivity index (χ1v) is 14.1. The number of hydrogen-bond acceptors (Lipinski definition) is 7. The molecular weight excluding hydrogens is 494 g/mol. The highest BCUT2D eigenvalue weighted by atomic mass is 32.2. The number of fused-ring (bicyclic) bond motifs is 1. The number of para-hydroxylation sites is 1. The van der Waals surface area contributed by atoms with Crippen molar-refractivity contribution in [2.24, 2.45) is 0 Å². The molecule has 2 heterocycles. The Labute approximate surface area is 214 Å². The van der Waals surface area contributed by atoms with Gasteiger partial charge in [0.1, 0.15) is 0 Å². The van der Waals surface area contributed by atoms with Gasteiger partial charge in [-0.25, -0.2) is 13.4 Å². The monoisotopic (exact) mass is 521 g/mol. The quantitative estimate of drug-likeness (QED) is 0.368. The van der Waals surface area contributed by atoms with Gasteiger partial charge in [-0.1, -0.05) is 41.7 Å². The summed E-state index contributed by atoms with van der Waals surface area (Å²) in [6.45, 7) is 4.98. The van der Waals surface area contributed by atoms with E-state index in [4.69, 9.17) is 4.98 Å². The van der Waals surface area contributed by atoms with Crippen LogP contribution in [0.25, 0.3) is 10.2 Å². The smallest absolute Gasteiger partial charge is 0.261 e. The minimum atomic E-state index is -3.66. The van der Waals surface area contributed by atoms with Gasteiger partial charge in [0.2, 0.25) is 0 Å². The third-order valence-corrected chi connectivity index (χ3v) is 8.59. The van der Waals surface area contributed by atoms with E-state index in [2.05, 4.69) is 25.9 Å². The average molecular weight is 522 g/mol. The molecule has 0 atom stereocenters. The number of anilines is 2. The standard InChI is InChI=1S/C26H27N5O3S2/c32-25(20-10-12-21(13-11-20)29-36(33,34)22-6-2-1-3-7-22)27-14-15-30-16-18-31(19-17-30)26-28-23-8-4-5-9-24(23)35-26/h1-13,29H,14-19H2,(H,27,32). The van der Waals surface area contributed by atoms with Crippen LogP contribution in [0.3, 0.4) is 0 Å². The van der Waals surface area contributed by atoms with Gasteiger partial charge in [0.05, 0.1) is 15.1 Å². The normalized spacial score (nSPS) is 14.6. The molecule has 1 aromatic heterocycles. The number of thiazole rings is 1. The zero-order valence-corrected chi connectivity index (χ0v) is 21.3. The molecule has 0 unspecified atom stereocenters. The summed E-state index contributed by atoms with van der Waals surface area (Å²) in [6, 6.07) is 22.8. The van der Waals surface area contributed by atoms with Crippen molar-refractivity contribution in [3.05, 3.63) is 84.4 Å². The number of rotatable bonds is 8. The fourth-order valence-electron chi connectivity index (χ4n) is 4.09. The van der Waals surface area contributed by atoms with Crippen LogP contribution in [0.5, 0.6) is 0 Å². The number of aromatic nitrogens is 1. The van der Waals surface area contributed by atoms with Crippen LogP contribution >= 0.6 is 11.3 Å². The van der Waals surface area contributed by atoms with E-state index in [0.717, 1.165) is 43.4 Å². The fourth-order valence-corrected chi connectivity index (χ4v) is 6.19. The van der Waals surface area contributed by atoms with Crippen LogP contribution in [0.4, 0.5) is 10.8 Å². The molecule has 0 spiro atoms. The summed E-state index contributed by atoms with van der Waals surface area (Å²) in [7, 11) is -3.66. The minimum absolute atomic E-state index is 0.180. The Morgan fingerprint density at radius 3 is 2.31 bits per heavy atom. The van der Waals surface area contributed by atoms with Crippen LogP contribution in [-0.2, 0) is 10.0 Å². The average Bonchev–Trinajstić information content (AvgIpc) is 3.34. The lowest BCUT2D eigenvalue weighted by Crippen LogP contribution is -2.48. The maximum Gasteiger partial charge on any atom is 0.261 e. The molecule has 186 valence electrons. The van der Waals surface area contributed by atoms with E-state index in [1.165, 1.54) is 16.8 Å². The second-order valence-corrected chi connectivity index (χ2v) is 11.2. The van der Waals surface area contributed by atoms with E-state index in [1.54, 1.807) is 53.8 Å². The number of nitrogens with zero attached hydrogens (tertiary/aromatic N) is 3. The SMILES string of the molecule is O=C(NCCN1CCN(c2nc3ccccc3s2)CC1)c1ccc(NS(=O)(=O)c2ccccc2)cc1. The van der Waals surface area contributed by atoms with E-state index in [0.29, 0.717) is 17.8 Å². The first kappa shape index (κ1) is 24.2. The van der Waals surface area contributed by atoms with Crippen LogP contribution in [0.2, 0.25) is 0 Å². The molecule has 0 radical (unpaired) electrons. The lowest BCUT2D eigenvalue weighted by Gasteiger charge is -2.34. The molecule has 1 amide bonds. The second kappa shape index (κ2) is 10.7. The van der Waals surface area contributed by atoms with Crippen molar-refractivity contribution in [1.82, 2.24) is 15.2 Å². The van der Waals surface area contributed by atoms with Gasteiger partial charge < -0.3 is 10.2 Å². The molecule has 10 heteroatoms. The maximum atomic E-state index is 12.5. The van der Waals surface area contributed by atoms with Gasteiger partial charge in [-0.2, -0.15) is 0 Å². The van der Waals surface area contributed by atoms with Crippen LogP contribution in [0, 0.1) is 0 Å². The first-order chi connectivity index (χ1) is 17.5. The molecule has 36 heavy (non-hydrogen) atoms. The van der Waals surface area contributed by atoms with Gasteiger partial charge in [0.15, 0.2) is 5.13 Å². The molecule has 1 aliphatic heterocycles. The number of benzene rings is 3. The van der Waals surface area contributed by atoms with Crippen LogP contribution < -0.4 is 14.9 Å². The van der Waals surface area contributed by atoms with E-state index >= 15 is 0 Å². The van der Waals surface area contributed by atoms with Crippen LogP contribution in [-0.4, -0.2) is 63.5 Å². The predicted octanol–water partition coefficient (Wildman–Crippen LogP) is 3.65. The van der Waals surface area contributed by atoms with E-state index in [-0.39, 0.29) is 10.8 Å². The highest BCUT2D eigenvalue weighted by Gasteiger charge is 2.20. The van der Waals surface area contributed by atoms with Gasteiger partial charge in [-0.05, 0) is 48.5 Å². The Hall–Kier alpha value is -3.47. The van der Waals surface area contributed by atoms with Crippen molar-refractivity contribution in [3.8, 4) is 0 Å². The molecular formula is C26H27N5O3S2. The summed E-state index contributed by atoms with van der Waals surface area (Å²) >= 11 is 1.73. The molecule has 1 saturated heterocycles. The number of hydrogen-bond donors (Lipinski definition) is 2. The third kappa shape index (κ3) is 5.67. The Morgan fingerprint density at radius 2 is 1.58 bits per heavy atom. The van der Waals surface area contributed by atoms with Gasteiger partial charge in [-0.15, -0.1) is 0 Å². The van der Waals surface area contributed by atoms with Crippen molar-refractivity contribution in [2.45, 2.75) is 4.90 Å². The molecule has 5 rings (SSSR count). The molecule has 1 fully saturated rings. The lowest BCUT2D eigenvalue weighted by atomic mass is 10.2. The summed E-state index contributed by atoms with van der Waals surface area (Å²) in [5.41, 5.74) is 1.93. The molecule has 0 bridgehead atoms. The van der Waals surface area contributed by atoms with Gasteiger partial charge in [0.25, 0.3) is 15.9 Å². The highest BCUT2D eigenvalue weighted by molar-refractivity contribution is 7.92. The van der Waals surface area contributed by atoms with Gasteiger partial charge >= 0.3 is 0 Å². The van der Waals surface area contributed by atoms with E-state index in [1.807, 2.05) is 18.2 Å². The van der Waals surface area contributed by atoms with Crippen LogP contribution in [0.15, 0.2) is 83.8 Å². The molecule has 3 aromatic carbocycles. The van der Waals surface area contributed by atoms with Crippen molar-refractivity contribution in [1.29, 1.82) is 0 Å². The summed E-state index contributed by atoms with van der Waals surface area (Å²) in [5, 5.41) is 4.03. The number of sulfonamides is 1. The summed E-state index contributed by atoms with van der Waals surface area (Å²) < 4.78 is 28.6. The Kier molecular flexibility index (Phi) is 7.17. The molecule has 0 aliphatic carbocycles. The zero-order chi connectivity index (χ0) is 25.0. The zero-order valence-electron chi connectivity index (χ0n) is 19.6. The van der Waals surface area contributed by atoms with Crippen LogP contribution in [0.1, 0.15) is 10.4 Å². The topological polar surface area (TPSA) is 94.6 Å². The Bertz CT molecular complexity index is 1400. The summed E-state index contributed by atoms with van der Waals surface area (Å²) in [4.78, 5) is 22.1. The Balaban J connectivity index is 1.07. The number of piperazine rings is 1. The maximum absolute atomic E-state index is 12.5. The molecule has 0 saturated carbocycles. The number of carbonyl (C=O) groups is 1. The van der Waals surface area contributed by atoms with Crippen molar-refractivity contribution >= 4 is 48.3 Å². The summed E-state index contributed by atoms with van der Waals surface area (Å²) in [5.74, 6) is -0.180. The minimum Gasteiger partial charge on any atom is -0.351 e. The fraction of sp³-hybridized carbons (Fsp3) is 0.231. The predicted molar refractivity (Wildman–Crippen MR) is 144 cm³/mol.